The summed E-state index contributed by atoms with van der Waals surface area (Å²) in [5.41, 5.74) is 7.14. The number of benzene rings is 1. The molecule has 1 aromatic carbocycles. The molecule has 0 spiro atoms. The molecule has 1 aromatic rings. The second kappa shape index (κ2) is 5.32. The molecule has 0 fully saturated rings. The summed E-state index contributed by atoms with van der Waals surface area (Å²) >= 11 is 0. The van der Waals surface area contributed by atoms with E-state index in [0.29, 0.717) is 6.42 Å². The molecular formula is C12H15NO3. The maximum Gasteiger partial charge on any atom is 0.320 e. The molecule has 0 unspecified atom stereocenters. The smallest absolute Gasteiger partial charge is 0.320 e. The van der Waals surface area contributed by atoms with Crippen LogP contribution in [0.1, 0.15) is 11.1 Å². The average Bonchev–Trinajstić information content (AvgIpc) is 2.22. The number of phenolic OH excluding ortho intramolecular Hbond substituents is 1. The number of allylic oxidation sites excluding steroid dienone is 1. The zero-order valence-corrected chi connectivity index (χ0v) is 8.89. The zero-order chi connectivity index (χ0) is 12.1. The Balaban J connectivity index is 2.93. The van der Waals surface area contributed by atoms with Crippen molar-refractivity contribution in [3.05, 3.63) is 42.0 Å². The third-order valence-electron chi connectivity index (χ3n) is 2.31. The van der Waals surface area contributed by atoms with Gasteiger partial charge in [-0.1, -0.05) is 12.1 Å². The van der Waals surface area contributed by atoms with Crippen LogP contribution in [0.4, 0.5) is 0 Å². The van der Waals surface area contributed by atoms with Gasteiger partial charge in [-0.15, -0.1) is 6.58 Å². The number of carboxylic acids is 1. The minimum atomic E-state index is -1.03. The molecule has 1 atom stereocenters. The zero-order valence-electron chi connectivity index (χ0n) is 8.89. The van der Waals surface area contributed by atoms with Gasteiger partial charge in [-0.05, 0) is 36.1 Å². The molecule has 0 saturated heterocycles. The van der Waals surface area contributed by atoms with Gasteiger partial charge in [0.15, 0.2) is 0 Å². The number of nitrogens with two attached hydrogens (primary N) is 1. The summed E-state index contributed by atoms with van der Waals surface area (Å²) in [4.78, 5) is 10.6. The highest BCUT2D eigenvalue weighted by Crippen LogP contribution is 2.18. The predicted octanol–water partition coefficient (Wildman–Crippen LogP) is 1.08. The molecule has 4 heteroatoms. The second-order valence-corrected chi connectivity index (χ2v) is 3.59. The molecule has 0 radical (unpaired) electrons. The monoisotopic (exact) mass is 221 g/mol. The van der Waals surface area contributed by atoms with Crippen molar-refractivity contribution in [2.24, 2.45) is 5.73 Å². The summed E-state index contributed by atoms with van der Waals surface area (Å²) in [6.45, 7) is 3.61. The lowest BCUT2D eigenvalue weighted by molar-refractivity contribution is -0.138. The maximum absolute atomic E-state index is 10.6. The van der Waals surface area contributed by atoms with Gasteiger partial charge in [0.25, 0.3) is 0 Å². The first-order valence-electron chi connectivity index (χ1n) is 4.94. The summed E-state index contributed by atoms with van der Waals surface area (Å²) < 4.78 is 0. The van der Waals surface area contributed by atoms with Crippen LogP contribution in [0.15, 0.2) is 30.9 Å². The van der Waals surface area contributed by atoms with E-state index in [1.165, 1.54) is 6.07 Å². The number of carbonyl (C=O) groups is 1. The van der Waals surface area contributed by atoms with Crippen molar-refractivity contribution in [2.75, 3.05) is 0 Å². The molecular weight excluding hydrogens is 206 g/mol. The largest absolute Gasteiger partial charge is 0.508 e. The lowest BCUT2D eigenvalue weighted by Gasteiger charge is -2.11. The van der Waals surface area contributed by atoms with E-state index in [0.717, 1.165) is 11.1 Å². The van der Waals surface area contributed by atoms with Gasteiger partial charge < -0.3 is 15.9 Å². The molecule has 16 heavy (non-hydrogen) atoms. The van der Waals surface area contributed by atoms with Gasteiger partial charge in [0.2, 0.25) is 0 Å². The third kappa shape index (κ3) is 3.10. The number of carboxylic acid groups (broad SMARTS) is 1. The predicted molar refractivity (Wildman–Crippen MR) is 61.3 cm³/mol. The Hall–Kier alpha value is -1.81. The van der Waals surface area contributed by atoms with E-state index in [1.807, 2.05) is 0 Å². The fourth-order valence-corrected chi connectivity index (χ4v) is 1.48. The molecule has 4 N–H and O–H groups in total. The van der Waals surface area contributed by atoms with E-state index in [9.17, 15) is 9.90 Å². The van der Waals surface area contributed by atoms with Crippen molar-refractivity contribution in [3.8, 4) is 5.75 Å². The van der Waals surface area contributed by atoms with Crippen LogP contribution < -0.4 is 5.73 Å². The van der Waals surface area contributed by atoms with E-state index in [4.69, 9.17) is 10.8 Å². The van der Waals surface area contributed by atoms with Crippen molar-refractivity contribution in [1.29, 1.82) is 0 Å². The fourth-order valence-electron chi connectivity index (χ4n) is 1.48. The Bertz CT molecular complexity index is 401. The Morgan fingerprint density at radius 3 is 2.75 bits per heavy atom. The van der Waals surface area contributed by atoms with Gasteiger partial charge in [0, 0.05) is 0 Å². The Morgan fingerprint density at radius 2 is 2.19 bits per heavy atom. The lowest BCUT2D eigenvalue weighted by Crippen LogP contribution is -2.32. The number of rotatable bonds is 5. The first-order chi connectivity index (χ1) is 7.54. The molecule has 4 nitrogen and oxygen atoms in total. The maximum atomic E-state index is 10.6. The van der Waals surface area contributed by atoms with Crippen molar-refractivity contribution in [2.45, 2.75) is 18.9 Å². The number of phenols is 1. The molecule has 0 aromatic heterocycles. The highest BCUT2D eigenvalue weighted by atomic mass is 16.4. The van der Waals surface area contributed by atoms with Crippen LogP contribution >= 0.6 is 0 Å². The topological polar surface area (TPSA) is 83.5 Å². The molecule has 1 rings (SSSR count). The summed E-state index contributed by atoms with van der Waals surface area (Å²) in [6, 6.07) is 3.90. The normalized spacial score (nSPS) is 12.1. The molecule has 0 aliphatic carbocycles. The average molecular weight is 221 g/mol. The van der Waals surface area contributed by atoms with Crippen LogP contribution in [0.3, 0.4) is 0 Å². The first kappa shape index (κ1) is 12.3. The first-order valence-corrected chi connectivity index (χ1v) is 4.94. The molecule has 0 aliphatic heterocycles. The summed E-state index contributed by atoms with van der Waals surface area (Å²) in [7, 11) is 0. The number of aromatic hydroxyl groups is 1. The van der Waals surface area contributed by atoms with Crippen molar-refractivity contribution >= 4 is 5.97 Å². The third-order valence-corrected chi connectivity index (χ3v) is 2.31. The van der Waals surface area contributed by atoms with E-state index in [-0.39, 0.29) is 12.2 Å². The highest BCUT2D eigenvalue weighted by Gasteiger charge is 2.14. The van der Waals surface area contributed by atoms with E-state index >= 15 is 0 Å². The van der Waals surface area contributed by atoms with E-state index in [1.54, 1.807) is 18.2 Å². The highest BCUT2D eigenvalue weighted by molar-refractivity contribution is 5.73. The molecule has 0 heterocycles. The molecule has 0 aliphatic rings. The summed E-state index contributed by atoms with van der Waals surface area (Å²) in [6.07, 6.45) is 2.53. The quantitative estimate of drug-likeness (QED) is 0.649. The minimum absolute atomic E-state index is 0.157. The molecule has 0 saturated carbocycles. The van der Waals surface area contributed by atoms with E-state index < -0.39 is 12.0 Å². The Kier molecular flexibility index (Phi) is 4.08. The van der Waals surface area contributed by atoms with Crippen LogP contribution in [0.25, 0.3) is 0 Å². The molecule has 0 bridgehead atoms. The van der Waals surface area contributed by atoms with Crippen molar-refractivity contribution in [1.82, 2.24) is 0 Å². The van der Waals surface area contributed by atoms with Crippen LogP contribution in [0.2, 0.25) is 0 Å². The number of aliphatic carboxylic acids is 1. The fraction of sp³-hybridized carbons (Fsp3) is 0.250. The van der Waals surface area contributed by atoms with Gasteiger partial charge in [-0.25, -0.2) is 0 Å². The Labute approximate surface area is 94.0 Å². The molecule has 86 valence electrons. The van der Waals surface area contributed by atoms with Gasteiger partial charge in [-0.3, -0.25) is 4.79 Å². The van der Waals surface area contributed by atoms with Crippen molar-refractivity contribution in [3.63, 3.8) is 0 Å². The number of hydrogen-bond acceptors (Lipinski definition) is 3. The second-order valence-electron chi connectivity index (χ2n) is 3.59. The molecule has 0 amide bonds. The standard InChI is InChI=1S/C12H15NO3/c1-2-3-8-6-10(14)5-4-9(8)7-11(13)12(15)16/h2,4-6,11,14H,1,3,7,13H2,(H,15,16)/t11-/m1/s1. The minimum Gasteiger partial charge on any atom is -0.508 e. The van der Waals surface area contributed by atoms with Crippen LogP contribution in [0.5, 0.6) is 5.75 Å². The summed E-state index contributed by atoms with van der Waals surface area (Å²) in [5, 5.41) is 18.0. The van der Waals surface area contributed by atoms with Gasteiger partial charge in [-0.2, -0.15) is 0 Å². The van der Waals surface area contributed by atoms with Gasteiger partial charge in [0.1, 0.15) is 11.8 Å². The van der Waals surface area contributed by atoms with Crippen LogP contribution in [-0.2, 0) is 17.6 Å². The van der Waals surface area contributed by atoms with Crippen molar-refractivity contribution < 1.29 is 15.0 Å². The Morgan fingerprint density at radius 1 is 1.50 bits per heavy atom. The lowest BCUT2D eigenvalue weighted by atomic mass is 9.98. The van der Waals surface area contributed by atoms with Gasteiger partial charge >= 0.3 is 5.97 Å². The SMILES string of the molecule is C=CCc1cc(O)ccc1C[C@@H](N)C(=O)O. The number of hydrogen-bond donors (Lipinski definition) is 3. The summed E-state index contributed by atoms with van der Waals surface area (Å²) in [5.74, 6) is -0.873. The van der Waals surface area contributed by atoms with Crippen LogP contribution in [-0.4, -0.2) is 22.2 Å². The van der Waals surface area contributed by atoms with Gasteiger partial charge in [0.05, 0.1) is 0 Å². The van der Waals surface area contributed by atoms with Crippen LogP contribution in [0, 0.1) is 0 Å². The van der Waals surface area contributed by atoms with E-state index in [2.05, 4.69) is 6.58 Å².